The normalized spacial score (nSPS) is 11.6. The molecule has 21 heavy (non-hydrogen) atoms. The Hall–Kier alpha value is -1.02. The van der Waals surface area contributed by atoms with Gasteiger partial charge in [0.15, 0.2) is 0 Å². The molecule has 0 aliphatic carbocycles. The van der Waals surface area contributed by atoms with E-state index in [2.05, 4.69) is 69.1 Å². The second-order valence-electron chi connectivity index (χ2n) is 7.00. The van der Waals surface area contributed by atoms with E-state index in [9.17, 15) is 0 Å². The Morgan fingerprint density at radius 3 is 2.10 bits per heavy atom. The summed E-state index contributed by atoms with van der Waals surface area (Å²) in [5, 5.41) is 3.55. The molecule has 1 N–H and O–H groups in total. The number of aryl methyl sites for hydroxylation is 1. The van der Waals surface area contributed by atoms with Crippen molar-refractivity contribution in [1.29, 1.82) is 0 Å². The lowest BCUT2D eigenvalue weighted by Gasteiger charge is -2.24. The van der Waals surface area contributed by atoms with E-state index in [4.69, 9.17) is 0 Å². The van der Waals surface area contributed by atoms with Gasteiger partial charge in [-0.05, 0) is 62.4 Å². The van der Waals surface area contributed by atoms with E-state index in [0.29, 0.717) is 0 Å². The second-order valence-corrected chi connectivity index (χ2v) is 7.00. The van der Waals surface area contributed by atoms with Crippen LogP contribution in [0.4, 0.5) is 5.69 Å². The van der Waals surface area contributed by atoms with Crippen molar-refractivity contribution in [3.8, 4) is 0 Å². The predicted molar refractivity (Wildman–Crippen MR) is 95.0 cm³/mol. The maximum atomic E-state index is 3.55. The van der Waals surface area contributed by atoms with Crippen LogP contribution < -0.4 is 5.32 Å². The standard InChI is InChI=1S/C19H34N2/c1-16(2)9-12-21(13-10-17(3)4)14-11-20-19-8-6-7-18(5)15-19/h6-8,15-17,20H,9-14H2,1-5H3. The Bertz CT molecular complexity index is 373. The Morgan fingerprint density at radius 1 is 0.952 bits per heavy atom. The highest BCUT2D eigenvalue weighted by atomic mass is 15.1. The van der Waals surface area contributed by atoms with Gasteiger partial charge in [0, 0.05) is 18.8 Å². The molecule has 0 atom stereocenters. The lowest BCUT2D eigenvalue weighted by atomic mass is 10.1. The van der Waals surface area contributed by atoms with Gasteiger partial charge in [-0.25, -0.2) is 0 Å². The van der Waals surface area contributed by atoms with Crippen molar-refractivity contribution in [3.05, 3.63) is 29.8 Å². The molecule has 0 saturated carbocycles. The molecule has 0 fully saturated rings. The van der Waals surface area contributed by atoms with E-state index in [1.54, 1.807) is 0 Å². The summed E-state index contributed by atoms with van der Waals surface area (Å²) in [7, 11) is 0. The first kappa shape index (κ1) is 18.0. The number of anilines is 1. The molecule has 2 heteroatoms. The molecule has 0 amide bonds. The summed E-state index contributed by atoms with van der Waals surface area (Å²) < 4.78 is 0. The molecule has 1 rings (SSSR count). The van der Waals surface area contributed by atoms with Gasteiger partial charge in [-0.1, -0.05) is 39.8 Å². The van der Waals surface area contributed by atoms with Gasteiger partial charge in [-0.15, -0.1) is 0 Å². The van der Waals surface area contributed by atoms with Crippen molar-refractivity contribution in [3.63, 3.8) is 0 Å². The molecule has 0 aliphatic rings. The molecule has 0 spiro atoms. The van der Waals surface area contributed by atoms with E-state index in [-0.39, 0.29) is 0 Å². The fourth-order valence-electron chi connectivity index (χ4n) is 2.33. The number of hydrogen-bond donors (Lipinski definition) is 1. The van der Waals surface area contributed by atoms with Crippen molar-refractivity contribution in [1.82, 2.24) is 4.90 Å². The smallest absolute Gasteiger partial charge is 0.0343 e. The van der Waals surface area contributed by atoms with Crippen LogP contribution in [0.3, 0.4) is 0 Å². The van der Waals surface area contributed by atoms with Gasteiger partial charge in [-0.2, -0.15) is 0 Å². The molecule has 0 aliphatic heterocycles. The predicted octanol–water partition coefficient (Wildman–Crippen LogP) is 4.80. The molecule has 0 saturated heterocycles. The zero-order chi connectivity index (χ0) is 15.7. The molecule has 0 aromatic heterocycles. The molecule has 0 radical (unpaired) electrons. The lowest BCUT2D eigenvalue weighted by molar-refractivity contribution is 0.252. The molecule has 0 unspecified atom stereocenters. The summed E-state index contributed by atoms with van der Waals surface area (Å²) in [4.78, 5) is 2.61. The fourth-order valence-corrected chi connectivity index (χ4v) is 2.33. The van der Waals surface area contributed by atoms with Crippen LogP contribution in [-0.2, 0) is 0 Å². The summed E-state index contributed by atoms with van der Waals surface area (Å²) in [5.41, 5.74) is 2.55. The Labute approximate surface area is 131 Å². The summed E-state index contributed by atoms with van der Waals surface area (Å²) in [5.74, 6) is 1.58. The van der Waals surface area contributed by atoms with E-state index in [1.807, 2.05) is 0 Å². The molecule has 120 valence electrons. The first-order valence-electron chi connectivity index (χ1n) is 8.50. The van der Waals surface area contributed by atoms with Crippen LogP contribution >= 0.6 is 0 Å². The number of rotatable bonds is 10. The largest absolute Gasteiger partial charge is 0.384 e. The van der Waals surface area contributed by atoms with Crippen molar-refractivity contribution < 1.29 is 0 Å². The van der Waals surface area contributed by atoms with Crippen molar-refractivity contribution in [2.45, 2.75) is 47.5 Å². The van der Waals surface area contributed by atoms with Crippen LogP contribution in [0.1, 0.15) is 46.1 Å². The van der Waals surface area contributed by atoms with Gasteiger partial charge in [0.1, 0.15) is 0 Å². The van der Waals surface area contributed by atoms with Gasteiger partial charge in [-0.3, -0.25) is 0 Å². The van der Waals surface area contributed by atoms with E-state index in [1.165, 1.54) is 37.2 Å². The monoisotopic (exact) mass is 290 g/mol. The summed E-state index contributed by atoms with van der Waals surface area (Å²) in [6, 6.07) is 8.63. The number of benzene rings is 1. The second kappa shape index (κ2) is 9.83. The molecular formula is C19H34N2. The maximum Gasteiger partial charge on any atom is 0.0343 e. The summed E-state index contributed by atoms with van der Waals surface area (Å²) in [6.07, 6.45) is 2.59. The van der Waals surface area contributed by atoms with Crippen molar-refractivity contribution in [2.75, 3.05) is 31.5 Å². The fraction of sp³-hybridized carbons (Fsp3) is 0.684. The molecule has 0 bridgehead atoms. The van der Waals surface area contributed by atoms with Crippen LogP contribution in [0.5, 0.6) is 0 Å². The average molecular weight is 290 g/mol. The van der Waals surface area contributed by atoms with Gasteiger partial charge in [0.2, 0.25) is 0 Å². The maximum absolute atomic E-state index is 3.55. The zero-order valence-corrected chi connectivity index (χ0v) is 14.7. The quantitative estimate of drug-likeness (QED) is 0.666. The van der Waals surface area contributed by atoms with Crippen LogP contribution in [0, 0.1) is 18.8 Å². The third kappa shape index (κ3) is 8.77. The Balaban J connectivity index is 2.36. The zero-order valence-electron chi connectivity index (χ0n) is 14.7. The minimum Gasteiger partial charge on any atom is -0.384 e. The average Bonchev–Trinajstić information content (AvgIpc) is 2.41. The van der Waals surface area contributed by atoms with Gasteiger partial charge in [0.05, 0.1) is 0 Å². The van der Waals surface area contributed by atoms with Gasteiger partial charge >= 0.3 is 0 Å². The molecule has 2 nitrogen and oxygen atoms in total. The molecule has 1 aromatic carbocycles. The summed E-state index contributed by atoms with van der Waals surface area (Å²) >= 11 is 0. The molecular weight excluding hydrogens is 256 g/mol. The Morgan fingerprint density at radius 2 is 1.57 bits per heavy atom. The minimum absolute atomic E-state index is 0.788. The first-order valence-corrected chi connectivity index (χ1v) is 8.50. The van der Waals surface area contributed by atoms with Crippen LogP contribution in [0.15, 0.2) is 24.3 Å². The van der Waals surface area contributed by atoms with Crippen molar-refractivity contribution in [2.24, 2.45) is 11.8 Å². The summed E-state index contributed by atoms with van der Waals surface area (Å²) in [6.45, 7) is 16.0. The van der Waals surface area contributed by atoms with Gasteiger partial charge < -0.3 is 10.2 Å². The van der Waals surface area contributed by atoms with Crippen LogP contribution in [0.2, 0.25) is 0 Å². The highest BCUT2D eigenvalue weighted by Gasteiger charge is 2.07. The third-order valence-corrected chi connectivity index (χ3v) is 3.82. The first-order chi connectivity index (χ1) is 9.97. The van der Waals surface area contributed by atoms with E-state index in [0.717, 1.165) is 24.9 Å². The van der Waals surface area contributed by atoms with Crippen molar-refractivity contribution >= 4 is 5.69 Å². The highest BCUT2D eigenvalue weighted by molar-refractivity contribution is 5.45. The number of hydrogen-bond acceptors (Lipinski definition) is 2. The number of nitrogens with zero attached hydrogens (tertiary/aromatic N) is 1. The highest BCUT2D eigenvalue weighted by Crippen LogP contribution is 2.10. The molecule has 1 aromatic rings. The third-order valence-electron chi connectivity index (χ3n) is 3.82. The lowest BCUT2D eigenvalue weighted by Crippen LogP contribution is -2.32. The SMILES string of the molecule is Cc1cccc(NCCN(CCC(C)C)CCC(C)C)c1. The van der Waals surface area contributed by atoms with E-state index < -0.39 is 0 Å². The Kier molecular flexibility index (Phi) is 8.44. The van der Waals surface area contributed by atoms with Crippen LogP contribution in [0.25, 0.3) is 0 Å². The van der Waals surface area contributed by atoms with Crippen LogP contribution in [-0.4, -0.2) is 31.1 Å². The number of nitrogens with one attached hydrogen (secondary N) is 1. The minimum atomic E-state index is 0.788. The molecule has 0 heterocycles. The van der Waals surface area contributed by atoms with E-state index >= 15 is 0 Å². The topological polar surface area (TPSA) is 15.3 Å². The van der Waals surface area contributed by atoms with Gasteiger partial charge in [0.25, 0.3) is 0 Å².